The van der Waals surface area contributed by atoms with Crippen LogP contribution in [0.15, 0.2) is 53.4 Å². The van der Waals surface area contributed by atoms with E-state index in [4.69, 9.17) is 9.15 Å². The highest BCUT2D eigenvalue weighted by atomic mass is 19.1. The first-order valence-electron chi connectivity index (χ1n) is 6.83. The van der Waals surface area contributed by atoms with E-state index in [0.29, 0.717) is 5.56 Å². The summed E-state index contributed by atoms with van der Waals surface area (Å²) in [5.74, 6) is -0.657. The van der Waals surface area contributed by atoms with Gasteiger partial charge in [0, 0.05) is 24.3 Å². The summed E-state index contributed by atoms with van der Waals surface area (Å²) in [4.78, 5) is 11.8. The van der Waals surface area contributed by atoms with E-state index in [1.165, 1.54) is 31.8 Å². The van der Waals surface area contributed by atoms with Gasteiger partial charge in [0.2, 0.25) is 5.91 Å². The van der Waals surface area contributed by atoms with E-state index in [-0.39, 0.29) is 18.3 Å². The minimum atomic E-state index is -0.940. The number of carbonyl (C=O) groups excluding carboxylic acids is 1. The first-order valence-corrected chi connectivity index (χ1v) is 6.83. The lowest BCUT2D eigenvalue weighted by atomic mass is 9.95. The number of halogens is 1. The molecule has 1 atom stereocenters. The van der Waals surface area contributed by atoms with Crippen molar-refractivity contribution in [3.63, 3.8) is 0 Å². The highest BCUT2D eigenvalue weighted by Crippen LogP contribution is 2.26. The molecule has 2 aromatic rings. The van der Waals surface area contributed by atoms with Gasteiger partial charge in [-0.25, -0.2) is 4.39 Å². The Morgan fingerprint density at radius 1 is 1.41 bits per heavy atom. The Kier molecular flexibility index (Phi) is 5.12. The van der Waals surface area contributed by atoms with Crippen LogP contribution in [-0.4, -0.2) is 19.6 Å². The van der Waals surface area contributed by atoms with Crippen molar-refractivity contribution in [2.75, 3.05) is 13.7 Å². The molecule has 0 aliphatic rings. The topological polar surface area (TPSA) is 51.5 Å². The Labute approximate surface area is 128 Å². The van der Waals surface area contributed by atoms with Crippen LogP contribution in [0.4, 0.5) is 4.39 Å². The predicted molar refractivity (Wildman–Crippen MR) is 81.5 cm³/mol. The number of carbonyl (C=O) groups is 1. The van der Waals surface area contributed by atoms with Crippen molar-refractivity contribution in [1.82, 2.24) is 5.32 Å². The van der Waals surface area contributed by atoms with E-state index in [0.717, 1.165) is 5.56 Å². The molecule has 116 valence electrons. The minimum Gasteiger partial charge on any atom is -0.472 e. The molecule has 0 bridgehead atoms. The molecule has 0 spiro atoms. The van der Waals surface area contributed by atoms with Gasteiger partial charge in [0.1, 0.15) is 11.4 Å². The van der Waals surface area contributed by atoms with Crippen LogP contribution in [-0.2, 0) is 15.1 Å². The molecule has 0 aliphatic carbocycles. The number of ether oxygens (including phenoxy) is 1. The molecule has 5 heteroatoms. The Hall–Kier alpha value is -2.40. The fraction of sp³-hybridized carbons (Fsp3) is 0.235. The van der Waals surface area contributed by atoms with Crippen LogP contribution in [0.25, 0.3) is 6.08 Å². The average Bonchev–Trinajstić information content (AvgIpc) is 3.04. The Bertz CT molecular complexity index is 652. The molecule has 1 amide bonds. The molecular formula is C17H18FNO3. The molecule has 1 heterocycles. The summed E-state index contributed by atoms with van der Waals surface area (Å²) in [5, 5.41) is 2.71. The van der Waals surface area contributed by atoms with Crippen molar-refractivity contribution >= 4 is 12.0 Å². The van der Waals surface area contributed by atoms with Gasteiger partial charge in [-0.1, -0.05) is 18.2 Å². The summed E-state index contributed by atoms with van der Waals surface area (Å²) in [7, 11) is 1.49. The van der Waals surface area contributed by atoms with Crippen molar-refractivity contribution in [1.29, 1.82) is 0 Å². The van der Waals surface area contributed by atoms with Gasteiger partial charge >= 0.3 is 0 Å². The zero-order valence-corrected chi connectivity index (χ0v) is 12.5. The summed E-state index contributed by atoms with van der Waals surface area (Å²) < 4.78 is 24.2. The number of hydrogen-bond donors (Lipinski definition) is 1. The SMILES string of the molecule is CO[C@@](C)(CNC(=O)/C=C/c1ccoc1)c1ccccc1F. The summed E-state index contributed by atoms with van der Waals surface area (Å²) in [6.07, 6.45) is 6.08. The third-order valence-electron chi connectivity index (χ3n) is 3.46. The zero-order chi connectivity index (χ0) is 16.0. The zero-order valence-electron chi connectivity index (χ0n) is 12.5. The molecule has 0 unspecified atom stereocenters. The monoisotopic (exact) mass is 303 g/mol. The number of benzene rings is 1. The number of furan rings is 1. The number of methoxy groups -OCH3 is 1. The normalized spacial score (nSPS) is 14.0. The molecule has 22 heavy (non-hydrogen) atoms. The fourth-order valence-electron chi connectivity index (χ4n) is 2.02. The summed E-state index contributed by atoms with van der Waals surface area (Å²) >= 11 is 0. The molecule has 4 nitrogen and oxygen atoms in total. The predicted octanol–water partition coefficient (Wildman–Crippen LogP) is 3.11. The van der Waals surface area contributed by atoms with Gasteiger partial charge in [0.25, 0.3) is 0 Å². The fourth-order valence-corrected chi connectivity index (χ4v) is 2.02. The first kappa shape index (κ1) is 16.0. The van der Waals surface area contributed by atoms with Crippen LogP contribution in [0.2, 0.25) is 0 Å². The Morgan fingerprint density at radius 3 is 2.82 bits per heavy atom. The maximum Gasteiger partial charge on any atom is 0.244 e. The van der Waals surface area contributed by atoms with Gasteiger partial charge in [-0.2, -0.15) is 0 Å². The molecular weight excluding hydrogens is 285 g/mol. The van der Waals surface area contributed by atoms with Crippen molar-refractivity contribution < 1.29 is 18.3 Å². The van der Waals surface area contributed by atoms with E-state index < -0.39 is 5.60 Å². The lowest BCUT2D eigenvalue weighted by Gasteiger charge is -2.29. The third kappa shape index (κ3) is 3.83. The highest BCUT2D eigenvalue weighted by Gasteiger charge is 2.29. The van der Waals surface area contributed by atoms with Crippen molar-refractivity contribution in [3.05, 3.63) is 65.9 Å². The number of nitrogens with one attached hydrogen (secondary N) is 1. The van der Waals surface area contributed by atoms with Crippen LogP contribution < -0.4 is 5.32 Å². The van der Waals surface area contributed by atoms with E-state index in [9.17, 15) is 9.18 Å². The minimum absolute atomic E-state index is 0.152. The molecule has 1 aromatic heterocycles. The van der Waals surface area contributed by atoms with Gasteiger partial charge in [-0.15, -0.1) is 0 Å². The number of rotatable bonds is 6. The van der Waals surface area contributed by atoms with Crippen LogP contribution in [0.5, 0.6) is 0 Å². The second-order valence-electron chi connectivity index (χ2n) is 5.02. The molecule has 0 aliphatic heterocycles. The van der Waals surface area contributed by atoms with Crippen molar-refractivity contribution in [3.8, 4) is 0 Å². The quantitative estimate of drug-likeness (QED) is 0.834. The second-order valence-corrected chi connectivity index (χ2v) is 5.02. The molecule has 0 saturated heterocycles. The van der Waals surface area contributed by atoms with Gasteiger partial charge in [0.05, 0.1) is 19.1 Å². The molecule has 0 radical (unpaired) electrons. The highest BCUT2D eigenvalue weighted by molar-refractivity contribution is 5.91. The van der Waals surface area contributed by atoms with Crippen molar-refractivity contribution in [2.24, 2.45) is 0 Å². The number of amides is 1. The van der Waals surface area contributed by atoms with E-state index in [2.05, 4.69) is 5.32 Å². The molecule has 1 N–H and O–H groups in total. The number of hydrogen-bond acceptors (Lipinski definition) is 3. The van der Waals surface area contributed by atoms with Crippen LogP contribution in [0.1, 0.15) is 18.1 Å². The first-order chi connectivity index (χ1) is 10.5. The molecule has 0 fully saturated rings. The smallest absolute Gasteiger partial charge is 0.244 e. The standard InChI is InChI=1S/C17H18FNO3/c1-17(21-2,14-5-3-4-6-15(14)18)12-19-16(20)8-7-13-9-10-22-11-13/h3-11H,12H2,1-2H3,(H,19,20)/b8-7+/t17-/m0/s1. The third-order valence-corrected chi connectivity index (χ3v) is 3.46. The average molecular weight is 303 g/mol. The van der Waals surface area contributed by atoms with E-state index in [1.54, 1.807) is 37.3 Å². The molecule has 2 rings (SSSR count). The van der Waals surface area contributed by atoms with E-state index >= 15 is 0 Å². The summed E-state index contributed by atoms with van der Waals surface area (Å²) in [5.41, 5.74) is 0.250. The largest absolute Gasteiger partial charge is 0.472 e. The van der Waals surface area contributed by atoms with Crippen LogP contribution >= 0.6 is 0 Å². The van der Waals surface area contributed by atoms with Crippen molar-refractivity contribution in [2.45, 2.75) is 12.5 Å². The molecule has 1 aromatic carbocycles. The maximum absolute atomic E-state index is 13.9. The Morgan fingerprint density at radius 2 is 2.18 bits per heavy atom. The summed E-state index contributed by atoms with van der Waals surface area (Å²) in [6, 6.07) is 8.10. The lowest BCUT2D eigenvalue weighted by molar-refractivity contribution is -0.118. The van der Waals surface area contributed by atoms with Gasteiger partial charge < -0.3 is 14.5 Å². The van der Waals surface area contributed by atoms with Crippen LogP contribution in [0, 0.1) is 5.82 Å². The van der Waals surface area contributed by atoms with Gasteiger partial charge in [0.15, 0.2) is 0 Å². The second kappa shape index (κ2) is 7.04. The summed E-state index contributed by atoms with van der Waals surface area (Å²) in [6.45, 7) is 1.88. The van der Waals surface area contributed by atoms with Gasteiger partial charge in [-0.05, 0) is 25.1 Å². The van der Waals surface area contributed by atoms with E-state index in [1.807, 2.05) is 0 Å². The van der Waals surface area contributed by atoms with Crippen LogP contribution in [0.3, 0.4) is 0 Å². The maximum atomic E-state index is 13.9. The van der Waals surface area contributed by atoms with Gasteiger partial charge in [-0.3, -0.25) is 4.79 Å². The molecule has 0 saturated carbocycles. The Balaban J connectivity index is 2.01. The lowest BCUT2D eigenvalue weighted by Crippen LogP contribution is -2.40.